The van der Waals surface area contributed by atoms with E-state index in [2.05, 4.69) is 24.0 Å². The topological polar surface area (TPSA) is 27.4 Å². The third-order valence-corrected chi connectivity index (χ3v) is 3.38. The van der Waals surface area contributed by atoms with Crippen molar-refractivity contribution >= 4 is 5.69 Å². The van der Waals surface area contributed by atoms with Crippen molar-refractivity contribution in [1.29, 1.82) is 0 Å². The van der Waals surface area contributed by atoms with Gasteiger partial charge in [0, 0.05) is 30.9 Å². The summed E-state index contributed by atoms with van der Waals surface area (Å²) in [4.78, 5) is 2.45. The number of anilines is 1. The lowest BCUT2D eigenvalue weighted by atomic mass is 9.99. The van der Waals surface area contributed by atoms with Gasteiger partial charge in [0.05, 0.1) is 0 Å². The van der Waals surface area contributed by atoms with Crippen molar-refractivity contribution in [2.45, 2.75) is 26.3 Å². The Bertz CT molecular complexity index is 315. The molecule has 0 bridgehead atoms. The number of piperidine rings is 1. The highest BCUT2D eigenvalue weighted by atomic mass is 16.3. The highest BCUT2D eigenvalue weighted by molar-refractivity contribution is 5.43. The lowest BCUT2D eigenvalue weighted by molar-refractivity contribution is -0.698. The van der Waals surface area contributed by atoms with Gasteiger partial charge < -0.3 is 10.0 Å². The summed E-state index contributed by atoms with van der Waals surface area (Å²) in [5.74, 6) is 0.874. The average molecular weight is 221 g/mol. The summed E-state index contributed by atoms with van der Waals surface area (Å²) in [6, 6.07) is 4.29. The number of nitrogens with zero attached hydrogens (tertiary/aromatic N) is 2. The Morgan fingerprint density at radius 1 is 1.31 bits per heavy atom. The Kier molecular flexibility index (Phi) is 3.78. The van der Waals surface area contributed by atoms with Crippen molar-refractivity contribution in [3.05, 3.63) is 24.5 Å². The molecule has 0 saturated carbocycles. The minimum atomic E-state index is 0.200. The minimum absolute atomic E-state index is 0.200. The number of hydrogen-bond donors (Lipinski definition) is 1. The molecule has 1 aromatic rings. The maximum atomic E-state index is 8.84. The van der Waals surface area contributed by atoms with Crippen LogP contribution in [0.15, 0.2) is 24.5 Å². The first-order chi connectivity index (χ1) is 7.79. The first-order valence-corrected chi connectivity index (χ1v) is 6.14. The fraction of sp³-hybridized carbons (Fsp3) is 0.615. The van der Waals surface area contributed by atoms with Crippen LogP contribution < -0.4 is 9.47 Å². The maximum Gasteiger partial charge on any atom is 0.171 e. The quantitative estimate of drug-likeness (QED) is 0.777. The van der Waals surface area contributed by atoms with E-state index in [0.29, 0.717) is 6.54 Å². The van der Waals surface area contributed by atoms with E-state index >= 15 is 0 Å². The van der Waals surface area contributed by atoms with Gasteiger partial charge in [-0.25, -0.2) is 4.57 Å². The molecule has 1 aromatic heterocycles. The van der Waals surface area contributed by atoms with Crippen LogP contribution in [0.1, 0.15) is 19.8 Å². The van der Waals surface area contributed by atoms with Crippen LogP contribution in [0.25, 0.3) is 0 Å². The van der Waals surface area contributed by atoms with Gasteiger partial charge in [-0.1, -0.05) is 6.92 Å². The van der Waals surface area contributed by atoms with Crippen LogP contribution in [0.5, 0.6) is 0 Å². The van der Waals surface area contributed by atoms with Gasteiger partial charge >= 0.3 is 0 Å². The minimum Gasteiger partial charge on any atom is -0.390 e. The zero-order valence-electron chi connectivity index (χ0n) is 9.97. The molecule has 0 radical (unpaired) electrons. The Morgan fingerprint density at radius 2 is 1.94 bits per heavy atom. The molecule has 1 N–H and O–H groups in total. The van der Waals surface area contributed by atoms with E-state index in [4.69, 9.17) is 5.11 Å². The highest BCUT2D eigenvalue weighted by Gasteiger charge is 2.16. The zero-order valence-corrected chi connectivity index (χ0v) is 9.97. The molecule has 1 aliphatic heterocycles. The molecule has 0 aromatic carbocycles. The van der Waals surface area contributed by atoms with Gasteiger partial charge in [0.25, 0.3) is 0 Å². The summed E-state index contributed by atoms with van der Waals surface area (Å²) in [6.07, 6.45) is 6.68. The number of pyridine rings is 1. The fourth-order valence-electron chi connectivity index (χ4n) is 2.19. The van der Waals surface area contributed by atoms with E-state index in [9.17, 15) is 0 Å². The van der Waals surface area contributed by atoms with E-state index < -0.39 is 0 Å². The molecule has 3 heteroatoms. The summed E-state index contributed by atoms with van der Waals surface area (Å²) >= 11 is 0. The van der Waals surface area contributed by atoms with Gasteiger partial charge in [0.1, 0.15) is 6.61 Å². The smallest absolute Gasteiger partial charge is 0.171 e. The standard InChI is InChI=1S/C13H21N2O/c1-12-2-8-15(9-3-12)13-4-6-14(7-5-13)10-11-16/h4-7,12,16H,2-3,8-11H2,1H3/q+1. The maximum absolute atomic E-state index is 8.84. The molecular weight excluding hydrogens is 200 g/mol. The van der Waals surface area contributed by atoms with Crippen molar-refractivity contribution in [2.75, 3.05) is 24.6 Å². The summed E-state index contributed by atoms with van der Waals surface area (Å²) < 4.78 is 2.01. The largest absolute Gasteiger partial charge is 0.390 e. The van der Waals surface area contributed by atoms with E-state index in [1.807, 2.05) is 17.0 Å². The van der Waals surface area contributed by atoms with Crippen LogP contribution >= 0.6 is 0 Å². The average Bonchev–Trinajstić information content (AvgIpc) is 2.32. The van der Waals surface area contributed by atoms with E-state index in [0.717, 1.165) is 5.92 Å². The van der Waals surface area contributed by atoms with Gasteiger partial charge in [0.2, 0.25) is 0 Å². The molecule has 16 heavy (non-hydrogen) atoms. The lowest BCUT2D eigenvalue weighted by Gasteiger charge is -2.31. The van der Waals surface area contributed by atoms with Gasteiger partial charge in [-0.3, -0.25) is 0 Å². The summed E-state index contributed by atoms with van der Waals surface area (Å²) in [7, 11) is 0. The second-order valence-corrected chi connectivity index (χ2v) is 4.69. The van der Waals surface area contributed by atoms with E-state index in [-0.39, 0.29) is 6.61 Å². The van der Waals surface area contributed by atoms with Gasteiger partial charge in [0.15, 0.2) is 18.9 Å². The predicted octanol–water partition coefficient (Wildman–Crippen LogP) is 1.20. The number of hydrogen-bond acceptors (Lipinski definition) is 2. The second-order valence-electron chi connectivity index (χ2n) is 4.69. The third kappa shape index (κ3) is 2.73. The number of aliphatic hydroxyl groups excluding tert-OH is 1. The Balaban J connectivity index is 1.98. The van der Waals surface area contributed by atoms with Crippen LogP contribution in [0.4, 0.5) is 5.69 Å². The van der Waals surface area contributed by atoms with Gasteiger partial charge in [-0.05, 0) is 18.8 Å². The highest BCUT2D eigenvalue weighted by Crippen LogP contribution is 2.21. The third-order valence-electron chi connectivity index (χ3n) is 3.38. The van der Waals surface area contributed by atoms with Crippen LogP contribution in [-0.4, -0.2) is 24.8 Å². The normalized spacial score (nSPS) is 17.8. The predicted molar refractivity (Wildman–Crippen MR) is 64.3 cm³/mol. The van der Waals surface area contributed by atoms with Crippen LogP contribution in [0, 0.1) is 5.92 Å². The Labute approximate surface area is 97.3 Å². The Hall–Kier alpha value is -1.09. The summed E-state index contributed by atoms with van der Waals surface area (Å²) in [5, 5.41) is 8.84. The molecular formula is C13H21N2O+. The second kappa shape index (κ2) is 5.30. The van der Waals surface area contributed by atoms with Gasteiger partial charge in [-0.15, -0.1) is 0 Å². The molecule has 0 aliphatic carbocycles. The monoisotopic (exact) mass is 221 g/mol. The van der Waals surface area contributed by atoms with E-state index in [1.165, 1.54) is 31.6 Å². The first-order valence-electron chi connectivity index (χ1n) is 6.14. The SMILES string of the molecule is CC1CCN(c2cc[n+](CCO)cc2)CC1. The number of rotatable bonds is 3. The van der Waals surface area contributed by atoms with Crippen molar-refractivity contribution in [2.24, 2.45) is 5.92 Å². The summed E-state index contributed by atoms with van der Waals surface area (Å²) in [6.45, 7) is 5.55. The van der Waals surface area contributed by atoms with Crippen molar-refractivity contribution in [3.63, 3.8) is 0 Å². The molecule has 1 aliphatic rings. The molecule has 1 saturated heterocycles. The van der Waals surface area contributed by atoms with Crippen LogP contribution in [0.3, 0.4) is 0 Å². The van der Waals surface area contributed by atoms with Crippen molar-refractivity contribution < 1.29 is 9.67 Å². The van der Waals surface area contributed by atoms with Crippen LogP contribution in [-0.2, 0) is 6.54 Å². The molecule has 0 spiro atoms. The lowest BCUT2D eigenvalue weighted by Crippen LogP contribution is -2.36. The molecule has 2 heterocycles. The zero-order chi connectivity index (χ0) is 11.4. The van der Waals surface area contributed by atoms with Crippen LogP contribution in [0.2, 0.25) is 0 Å². The molecule has 0 amide bonds. The van der Waals surface area contributed by atoms with Crippen molar-refractivity contribution in [1.82, 2.24) is 0 Å². The molecule has 1 fully saturated rings. The first kappa shape index (κ1) is 11.4. The molecule has 3 nitrogen and oxygen atoms in total. The Morgan fingerprint density at radius 3 is 2.50 bits per heavy atom. The van der Waals surface area contributed by atoms with E-state index in [1.54, 1.807) is 0 Å². The number of aliphatic hydroxyl groups is 1. The number of aromatic nitrogens is 1. The van der Waals surface area contributed by atoms with Gasteiger partial charge in [-0.2, -0.15) is 0 Å². The van der Waals surface area contributed by atoms with Crippen molar-refractivity contribution in [3.8, 4) is 0 Å². The summed E-state index contributed by atoms with van der Waals surface area (Å²) in [5.41, 5.74) is 1.31. The molecule has 0 atom stereocenters. The fourth-order valence-corrected chi connectivity index (χ4v) is 2.19. The molecule has 88 valence electrons. The molecule has 0 unspecified atom stereocenters. The molecule has 2 rings (SSSR count).